The number of aryl methyl sites for hydroxylation is 1. The quantitative estimate of drug-likeness (QED) is 0.792. The molecule has 4 nitrogen and oxygen atoms in total. The van der Waals surface area contributed by atoms with Crippen LogP contribution in [0.1, 0.15) is 31.2 Å². The summed E-state index contributed by atoms with van der Waals surface area (Å²) in [5.41, 5.74) is 1.13. The molecule has 0 radical (unpaired) electrons. The molecule has 0 aliphatic carbocycles. The van der Waals surface area contributed by atoms with Crippen LogP contribution < -0.4 is 10.6 Å². The lowest BCUT2D eigenvalue weighted by Crippen LogP contribution is -2.44. The van der Waals surface area contributed by atoms with E-state index >= 15 is 0 Å². The molecular weight excluding hydrogens is 271 g/mol. The van der Waals surface area contributed by atoms with Gasteiger partial charge in [0.15, 0.2) is 0 Å². The van der Waals surface area contributed by atoms with Gasteiger partial charge >= 0.3 is 6.03 Å². The summed E-state index contributed by atoms with van der Waals surface area (Å²) in [5, 5.41) is 5.84. The molecule has 1 fully saturated rings. The Morgan fingerprint density at radius 1 is 1.19 bits per heavy atom. The molecule has 0 bridgehead atoms. The highest BCUT2D eigenvalue weighted by Gasteiger charge is 2.15. The molecule has 1 heterocycles. The summed E-state index contributed by atoms with van der Waals surface area (Å²) in [6.45, 7) is 2.11. The van der Waals surface area contributed by atoms with Gasteiger partial charge in [0.25, 0.3) is 0 Å². The van der Waals surface area contributed by atoms with Crippen molar-refractivity contribution in [3.63, 3.8) is 0 Å². The summed E-state index contributed by atoms with van der Waals surface area (Å²) in [5.74, 6) is -0.204. The van der Waals surface area contributed by atoms with Gasteiger partial charge in [-0.05, 0) is 49.8 Å². The zero-order chi connectivity index (χ0) is 14.9. The molecule has 0 atom stereocenters. The van der Waals surface area contributed by atoms with E-state index in [9.17, 15) is 9.18 Å². The fourth-order valence-corrected chi connectivity index (χ4v) is 2.39. The van der Waals surface area contributed by atoms with Gasteiger partial charge in [-0.2, -0.15) is 0 Å². The largest absolute Gasteiger partial charge is 0.381 e. The lowest BCUT2D eigenvalue weighted by Gasteiger charge is -2.23. The van der Waals surface area contributed by atoms with Gasteiger partial charge in [0.1, 0.15) is 5.82 Å². The Labute approximate surface area is 125 Å². The maximum Gasteiger partial charge on any atom is 0.315 e. The molecule has 21 heavy (non-hydrogen) atoms. The highest BCUT2D eigenvalue weighted by Crippen LogP contribution is 2.07. The molecule has 1 aliphatic rings. The van der Waals surface area contributed by atoms with Crippen LogP contribution in [0.5, 0.6) is 0 Å². The highest BCUT2D eigenvalue weighted by atomic mass is 19.1. The molecule has 116 valence electrons. The summed E-state index contributed by atoms with van der Waals surface area (Å²) in [4.78, 5) is 11.7. The van der Waals surface area contributed by atoms with Crippen molar-refractivity contribution in [1.29, 1.82) is 0 Å². The minimum atomic E-state index is -0.204. The second-order valence-electron chi connectivity index (χ2n) is 5.37. The molecule has 0 spiro atoms. The average molecular weight is 294 g/mol. The molecule has 1 saturated heterocycles. The van der Waals surface area contributed by atoms with Gasteiger partial charge in [-0.15, -0.1) is 0 Å². The molecule has 1 aromatic rings. The van der Waals surface area contributed by atoms with Crippen molar-refractivity contribution in [3.05, 3.63) is 35.6 Å². The normalized spacial score (nSPS) is 15.7. The van der Waals surface area contributed by atoms with E-state index in [1.54, 1.807) is 12.1 Å². The Kier molecular flexibility index (Phi) is 6.47. The fraction of sp³-hybridized carbons (Fsp3) is 0.562. The molecule has 0 saturated carbocycles. The van der Waals surface area contributed by atoms with Gasteiger partial charge < -0.3 is 15.4 Å². The molecule has 1 aromatic carbocycles. The first-order chi connectivity index (χ1) is 10.2. The molecule has 0 unspecified atom stereocenters. The van der Waals surface area contributed by atoms with Crippen molar-refractivity contribution in [2.24, 2.45) is 0 Å². The number of benzene rings is 1. The average Bonchev–Trinajstić information content (AvgIpc) is 2.50. The maximum atomic E-state index is 12.7. The Morgan fingerprint density at radius 2 is 1.90 bits per heavy atom. The number of nitrogens with one attached hydrogen (secondary N) is 2. The summed E-state index contributed by atoms with van der Waals surface area (Å²) >= 11 is 0. The number of amides is 2. The van der Waals surface area contributed by atoms with E-state index in [-0.39, 0.29) is 17.9 Å². The Bertz CT molecular complexity index is 430. The maximum absolute atomic E-state index is 12.7. The summed E-state index contributed by atoms with van der Waals surface area (Å²) in [7, 11) is 0. The summed E-state index contributed by atoms with van der Waals surface area (Å²) in [6, 6.07) is 6.71. The van der Waals surface area contributed by atoms with Crippen molar-refractivity contribution in [1.82, 2.24) is 10.6 Å². The summed E-state index contributed by atoms with van der Waals surface area (Å²) < 4.78 is 18.0. The van der Waals surface area contributed by atoms with E-state index in [1.807, 2.05) is 0 Å². The van der Waals surface area contributed by atoms with E-state index in [2.05, 4.69) is 10.6 Å². The Morgan fingerprint density at radius 3 is 2.62 bits per heavy atom. The molecule has 0 aromatic heterocycles. The van der Waals surface area contributed by atoms with Gasteiger partial charge in [-0.25, -0.2) is 9.18 Å². The van der Waals surface area contributed by atoms with Crippen molar-refractivity contribution >= 4 is 6.03 Å². The molecule has 2 rings (SSSR count). The van der Waals surface area contributed by atoms with Gasteiger partial charge in [-0.1, -0.05) is 12.1 Å². The predicted molar refractivity (Wildman–Crippen MR) is 79.7 cm³/mol. The lowest BCUT2D eigenvalue weighted by atomic mass is 10.1. The third kappa shape index (κ3) is 6.12. The SMILES string of the molecule is O=C(NCCCCc1ccc(F)cc1)NC1CCOCC1. The van der Waals surface area contributed by atoms with Crippen LogP contribution in [-0.4, -0.2) is 31.8 Å². The number of halogens is 1. The minimum absolute atomic E-state index is 0.0938. The van der Waals surface area contributed by atoms with Crippen LogP contribution >= 0.6 is 0 Å². The van der Waals surface area contributed by atoms with Crippen LogP contribution in [0.4, 0.5) is 9.18 Å². The first-order valence-electron chi connectivity index (χ1n) is 7.60. The number of urea groups is 1. The Hall–Kier alpha value is -1.62. The van der Waals surface area contributed by atoms with Gasteiger partial charge in [0.2, 0.25) is 0 Å². The van der Waals surface area contributed by atoms with Gasteiger partial charge in [0.05, 0.1) is 0 Å². The highest BCUT2D eigenvalue weighted by molar-refractivity contribution is 5.74. The van der Waals surface area contributed by atoms with E-state index in [0.717, 1.165) is 50.9 Å². The Balaban J connectivity index is 1.52. The number of ether oxygens (including phenoxy) is 1. The van der Waals surface area contributed by atoms with Crippen LogP contribution in [0.3, 0.4) is 0 Å². The number of hydrogen-bond acceptors (Lipinski definition) is 2. The van der Waals surface area contributed by atoms with Crippen LogP contribution in [0.15, 0.2) is 24.3 Å². The summed E-state index contributed by atoms with van der Waals surface area (Å²) in [6.07, 6.45) is 4.57. The van der Waals surface area contributed by atoms with E-state index < -0.39 is 0 Å². The predicted octanol–water partition coefficient (Wildman–Crippen LogP) is 2.63. The molecule has 2 amide bonds. The van der Waals surface area contributed by atoms with E-state index in [0.29, 0.717) is 6.54 Å². The standard InChI is InChI=1S/C16H23FN2O2/c17-14-6-4-13(5-7-14)3-1-2-10-18-16(20)19-15-8-11-21-12-9-15/h4-7,15H,1-3,8-12H2,(H2,18,19,20). The van der Waals surface area contributed by atoms with E-state index in [1.165, 1.54) is 12.1 Å². The number of hydrogen-bond donors (Lipinski definition) is 2. The van der Waals surface area contributed by atoms with E-state index in [4.69, 9.17) is 4.74 Å². The van der Waals surface area contributed by atoms with Crippen LogP contribution in [0, 0.1) is 5.82 Å². The zero-order valence-corrected chi connectivity index (χ0v) is 12.2. The molecule has 1 aliphatic heterocycles. The fourth-order valence-electron chi connectivity index (χ4n) is 2.39. The molecular formula is C16H23FN2O2. The number of carbonyl (C=O) groups is 1. The topological polar surface area (TPSA) is 50.4 Å². The lowest BCUT2D eigenvalue weighted by molar-refractivity contribution is 0.0801. The van der Waals surface area contributed by atoms with Crippen molar-refractivity contribution in [2.45, 2.75) is 38.1 Å². The first kappa shape index (κ1) is 15.8. The van der Waals surface area contributed by atoms with Crippen molar-refractivity contribution in [3.8, 4) is 0 Å². The second-order valence-corrected chi connectivity index (χ2v) is 5.37. The van der Waals surface area contributed by atoms with Crippen LogP contribution in [-0.2, 0) is 11.2 Å². The molecule has 2 N–H and O–H groups in total. The smallest absolute Gasteiger partial charge is 0.315 e. The van der Waals surface area contributed by atoms with Crippen molar-refractivity contribution in [2.75, 3.05) is 19.8 Å². The first-order valence-corrected chi connectivity index (χ1v) is 7.60. The number of unbranched alkanes of at least 4 members (excludes halogenated alkanes) is 1. The second kappa shape index (κ2) is 8.62. The zero-order valence-electron chi connectivity index (χ0n) is 12.2. The van der Waals surface area contributed by atoms with Gasteiger partial charge in [0, 0.05) is 25.8 Å². The number of carbonyl (C=O) groups excluding carboxylic acids is 1. The number of rotatable bonds is 6. The van der Waals surface area contributed by atoms with Crippen LogP contribution in [0.25, 0.3) is 0 Å². The van der Waals surface area contributed by atoms with Crippen LogP contribution in [0.2, 0.25) is 0 Å². The third-order valence-corrected chi connectivity index (χ3v) is 3.65. The monoisotopic (exact) mass is 294 g/mol. The van der Waals surface area contributed by atoms with Crippen molar-refractivity contribution < 1.29 is 13.9 Å². The third-order valence-electron chi connectivity index (χ3n) is 3.65. The molecule has 5 heteroatoms. The minimum Gasteiger partial charge on any atom is -0.381 e. The van der Waals surface area contributed by atoms with Gasteiger partial charge in [-0.3, -0.25) is 0 Å².